The predicted molar refractivity (Wildman–Crippen MR) is 55.4 cm³/mol. The second-order valence-electron chi connectivity index (χ2n) is 4.08. The molecule has 0 unspecified atom stereocenters. The Morgan fingerprint density at radius 2 is 2.08 bits per heavy atom. The minimum Gasteiger partial charge on any atom is -0.350 e. The van der Waals surface area contributed by atoms with Gasteiger partial charge in [0.15, 0.2) is 0 Å². The Kier molecular flexibility index (Phi) is 4.44. The smallest absolute Gasteiger partial charge is 0.237 e. The fourth-order valence-corrected chi connectivity index (χ4v) is 0.753. The summed E-state index contributed by atoms with van der Waals surface area (Å²) < 4.78 is 0. The predicted octanol–water partition coefficient (Wildman–Crippen LogP) is 1.23. The molecule has 0 aromatic carbocycles. The van der Waals surface area contributed by atoms with E-state index in [9.17, 15) is 4.79 Å². The number of hydrogen-bond acceptors (Lipinski definition) is 2. The van der Waals surface area contributed by atoms with Crippen LogP contribution in [-0.2, 0) is 4.79 Å². The number of carbonyl (C=O) groups is 1. The highest BCUT2D eigenvalue weighted by molar-refractivity contribution is 6.29. The van der Waals surface area contributed by atoms with Crippen LogP contribution in [0.3, 0.4) is 0 Å². The molecule has 0 radical (unpaired) electrons. The minimum atomic E-state index is -0.525. The number of nitrogens with one attached hydrogen (secondary N) is 1. The third-order valence-corrected chi connectivity index (χ3v) is 1.80. The summed E-state index contributed by atoms with van der Waals surface area (Å²) >= 11 is 5.49. The summed E-state index contributed by atoms with van der Waals surface area (Å²) in [5.41, 5.74) is 5.46. The van der Waals surface area contributed by atoms with Crippen molar-refractivity contribution < 1.29 is 4.79 Å². The van der Waals surface area contributed by atoms with E-state index in [1.165, 1.54) is 0 Å². The van der Waals surface area contributed by atoms with Gasteiger partial charge in [0.1, 0.15) is 0 Å². The maximum absolute atomic E-state index is 11.4. The Morgan fingerprint density at radius 1 is 1.62 bits per heavy atom. The Hall–Kier alpha value is -0.540. The number of amides is 1. The van der Waals surface area contributed by atoms with Gasteiger partial charge in [-0.15, -0.1) is 0 Å². The zero-order valence-corrected chi connectivity index (χ0v) is 9.11. The molecule has 1 amide bonds. The highest BCUT2D eigenvalue weighted by Crippen LogP contribution is 2.17. The Bertz CT molecular complexity index is 208. The van der Waals surface area contributed by atoms with Crippen LogP contribution in [0.25, 0.3) is 0 Å². The molecule has 13 heavy (non-hydrogen) atoms. The van der Waals surface area contributed by atoms with Gasteiger partial charge in [-0.05, 0) is 5.41 Å². The molecule has 0 aliphatic rings. The molecule has 3 N–H and O–H groups in total. The normalized spacial score (nSPS) is 13.6. The van der Waals surface area contributed by atoms with E-state index >= 15 is 0 Å². The van der Waals surface area contributed by atoms with Crippen molar-refractivity contribution in [3.63, 3.8) is 0 Å². The monoisotopic (exact) mass is 204 g/mol. The van der Waals surface area contributed by atoms with Crippen molar-refractivity contribution in [1.29, 1.82) is 0 Å². The Morgan fingerprint density at radius 3 is 2.38 bits per heavy atom. The van der Waals surface area contributed by atoms with Gasteiger partial charge in [-0.25, -0.2) is 0 Å². The molecular formula is C9H17ClN2O. The van der Waals surface area contributed by atoms with E-state index in [4.69, 9.17) is 17.3 Å². The van der Waals surface area contributed by atoms with Crippen LogP contribution in [0.15, 0.2) is 11.6 Å². The van der Waals surface area contributed by atoms with Crippen LogP contribution in [0, 0.1) is 5.41 Å². The van der Waals surface area contributed by atoms with E-state index in [-0.39, 0.29) is 17.9 Å². The second kappa shape index (κ2) is 4.63. The molecule has 0 spiro atoms. The topological polar surface area (TPSA) is 55.1 Å². The number of hydrogen-bond donors (Lipinski definition) is 2. The van der Waals surface area contributed by atoms with Crippen LogP contribution in [0.4, 0.5) is 0 Å². The molecule has 0 aliphatic heterocycles. The lowest BCUT2D eigenvalue weighted by Gasteiger charge is -2.25. The number of halogens is 1. The lowest BCUT2D eigenvalue weighted by Crippen LogP contribution is -2.48. The van der Waals surface area contributed by atoms with Gasteiger partial charge < -0.3 is 11.1 Å². The molecule has 4 heteroatoms. The molecule has 0 rings (SSSR count). The van der Waals surface area contributed by atoms with Gasteiger partial charge in [0.2, 0.25) is 5.91 Å². The van der Waals surface area contributed by atoms with Gasteiger partial charge in [-0.2, -0.15) is 0 Å². The molecule has 0 saturated carbocycles. The molecular weight excluding hydrogens is 188 g/mol. The quantitative estimate of drug-likeness (QED) is 0.727. The SMILES string of the molecule is C=C(Cl)CNC(=O)[C@@H](N)C(C)(C)C. The molecule has 76 valence electrons. The van der Waals surface area contributed by atoms with Crippen molar-refractivity contribution >= 4 is 17.5 Å². The molecule has 1 atom stereocenters. The largest absolute Gasteiger partial charge is 0.350 e. The molecule has 3 nitrogen and oxygen atoms in total. The fraction of sp³-hybridized carbons (Fsp3) is 0.667. The van der Waals surface area contributed by atoms with Crippen molar-refractivity contribution in [2.75, 3.05) is 6.54 Å². The summed E-state index contributed by atoms with van der Waals surface area (Å²) in [5.74, 6) is -0.200. The third kappa shape index (κ3) is 4.90. The summed E-state index contributed by atoms with van der Waals surface area (Å²) in [7, 11) is 0. The van der Waals surface area contributed by atoms with Crippen molar-refractivity contribution in [3.05, 3.63) is 11.6 Å². The zero-order valence-electron chi connectivity index (χ0n) is 8.36. The van der Waals surface area contributed by atoms with Gasteiger partial charge in [0.25, 0.3) is 0 Å². The maximum atomic E-state index is 11.4. The van der Waals surface area contributed by atoms with Gasteiger partial charge in [-0.3, -0.25) is 4.79 Å². The van der Waals surface area contributed by atoms with Crippen molar-refractivity contribution in [3.8, 4) is 0 Å². The Balaban J connectivity index is 4.05. The van der Waals surface area contributed by atoms with Crippen LogP contribution in [0.1, 0.15) is 20.8 Å². The first kappa shape index (κ1) is 12.5. The summed E-state index contributed by atoms with van der Waals surface area (Å²) in [6.45, 7) is 9.45. The van der Waals surface area contributed by atoms with E-state index in [1.807, 2.05) is 20.8 Å². The van der Waals surface area contributed by atoms with Gasteiger partial charge in [0.05, 0.1) is 12.6 Å². The first-order chi connectivity index (χ1) is 5.75. The maximum Gasteiger partial charge on any atom is 0.237 e. The molecule has 0 saturated heterocycles. The van der Waals surface area contributed by atoms with Crippen molar-refractivity contribution in [1.82, 2.24) is 5.32 Å². The zero-order chi connectivity index (χ0) is 10.6. The lowest BCUT2D eigenvalue weighted by atomic mass is 9.87. The fourth-order valence-electron chi connectivity index (χ4n) is 0.686. The van der Waals surface area contributed by atoms with Crippen LogP contribution in [0.5, 0.6) is 0 Å². The number of nitrogens with two attached hydrogens (primary N) is 1. The van der Waals surface area contributed by atoms with Crippen molar-refractivity contribution in [2.24, 2.45) is 11.1 Å². The van der Waals surface area contributed by atoms with Gasteiger partial charge >= 0.3 is 0 Å². The molecule has 0 aliphatic carbocycles. The first-order valence-corrected chi connectivity index (χ1v) is 4.49. The summed E-state index contributed by atoms with van der Waals surface area (Å²) in [6, 6.07) is -0.525. The van der Waals surface area contributed by atoms with E-state index < -0.39 is 6.04 Å². The third-order valence-electron chi connectivity index (χ3n) is 1.67. The first-order valence-electron chi connectivity index (χ1n) is 4.11. The number of rotatable bonds is 3. The van der Waals surface area contributed by atoms with Crippen LogP contribution < -0.4 is 11.1 Å². The van der Waals surface area contributed by atoms with E-state index in [0.29, 0.717) is 5.03 Å². The van der Waals surface area contributed by atoms with Crippen LogP contribution in [-0.4, -0.2) is 18.5 Å². The van der Waals surface area contributed by atoms with Gasteiger partial charge in [0, 0.05) is 5.03 Å². The Labute approximate surface area is 84.3 Å². The molecule has 0 bridgehead atoms. The van der Waals surface area contributed by atoms with E-state index in [1.54, 1.807) is 0 Å². The second-order valence-corrected chi connectivity index (χ2v) is 4.61. The summed E-state index contributed by atoms with van der Waals surface area (Å²) in [5, 5.41) is 2.99. The number of carbonyl (C=O) groups excluding carboxylic acids is 1. The average Bonchev–Trinajstić information content (AvgIpc) is 1.96. The van der Waals surface area contributed by atoms with Crippen LogP contribution in [0.2, 0.25) is 0 Å². The van der Waals surface area contributed by atoms with E-state index in [2.05, 4.69) is 11.9 Å². The molecule has 0 fully saturated rings. The highest BCUT2D eigenvalue weighted by Gasteiger charge is 2.26. The summed E-state index contributed by atoms with van der Waals surface area (Å²) in [4.78, 5) is 11.4. The molecule has 0 aromatic heterocycles. The van der Waals surface area contributed by atoms with E-state index in [0.717, 1.165) is 0 Å². The van der Waals surface area contributed by atoms with Crippen molar-refractivity contribution in [2.45, 2.75) is 26.8 Å². The minimum absolute atomic E-state index is 0.200. The van der Waals surface area contributed by atoms with Crippen LogP contribution >= 0.6 is 11.6 Å². The standard InChI is InChI=1S/C9H17ClN2O/c1-6(10)5-12-8(13)7(11)9(2,3)4/h7H,1,5,11H2,2-4H3,(H,12,13)/t7-/m1/s1. The lowest BCUT2D eigenvalue weighted by molar-refractivity contribution is -0.124. The summed E-state index contributed by atoms with van der Waals surface area (Å²) in [6.07, 6.45) is 0. The highest BCUT2D eigenvalue weighted by atomic mass is 35.5. The average molecular weight is 205 g/mol. The van der Waals surface area contributed by atoms with Gasteiger partial charge in [-0.1, -0.05) is 39.0 Å². The molecule has 0 heterocycles. The molecule has 0 aromatic rings.